The molecular weight excluding hydrogens is 445 g/mol. The molecule has 0 radical (unpaired) electrons. The molecule has 1 aliphatic rings. The molecule has 3 aromatic rings. The quantitative estimate of drug-likeness (QED) is 0.541. The van der Waals surface area contributed by atoms with Gasteiger partial charge in [0.2, 0.25) is 5.91 Å². The molecule has 1 aromatic heterocycles. The van der Waals surface area contributed by atoms with Crippen LogP contribution in [-0.4, -0.2) is 70.6 Å². The Morgan fingerprint density at radius 1 is 0.943 bits per heavy atom. The highest BCUT2D eigenvalue weighted by Crippen LogP contribution is 2.19. The van der Waals surface area contributed by atoms with Crippen molar-refractivity contribution in [1.82, 2.24) is 20.0 Å². The van der Waals surface area contributed by atoms with Gasteiger partial charge in [-0.15, -0.1) is 10.2 Å². The zero-order chi connectivity index (χ0) is 24.8. The summed E-state index contributed by atoms with van der Waals surface area (Å²) in [5.74, 6) is -0.156. The number of hydrogen-bond donors (Lipinski definition) is 0. The summed E-state index contributed by atoms with van der Waals surface area (Å²) in [6, 6.07) is 19.2. The van der Waals surface area contributed by atoms with Gasteiger partial charge in [0.25, 0.3) is 5.91 Å². The molecule has 1 saturated heterocycles. The maximum atomic E-state index is 13.6. The lowest BCUT2D eigenvalue weighted by molar-refractivity contribution is -0.132. The molecule has 0 saturated carbocycles. The van der Waals surface area contributed by atoms with E-state index in [1.54, 1.807) is 11.0 Å². The number of carbonyl (C=O) groups excluding carboxylic acids is 2. The molecule has 2 heterocycles. The number of rotatable bonds is 6. The zero-order valence-electron chi connectivity index (χ0n) is 20.1. The third kappa shape index (κ3) is 6.01. The van der Waals surface area contributed by atoms with Crippen LogP contribution in [0, 0.1) is 5.82 Å². The molecule has 182 valence electrons. The number of carbonyl (C=O) groups is 2. The van der Waals surface area contributed by atoms with E-state index in [0.29, 0.717) is 19.6 Å². The summed E-state index contributed by atoms with van der Waals surface area (Å²) < 4.78 is 13.6. The first-order valence-electron chi connectivity index (χ1n) is 11.9. The van der Waals surface area contributed by atoms with Crippen LogP contribution in [0.3, 0.4) is 0 Å². The van der Waals surface area contributed by atoms with E-state index in [1.807, 2.05) is 56.3 Å². The van der Waals surface area contributed by atoms with Gasteiger partial charge in [0.1, 0.15) is 12.4 Å². The fourth-order valence-electron chi connectivity index (χ4n) is 4.17. The van der Waals surface area contributed by atoms with Crippen molar-refractivity contribution in [2.45, 2.75) is 26.3 Å². The van der Waals surface area contributed by atoms with E-state index in [9.17, 15) is 14.0 Å². The van der Waals surface area contributed by atoms with Gasteiger partial charge >= 0.3 is 0 Å². The average molecular weight is 476 g/mol. The third-order valence-electron chi connectivity index (χ3n) is 6.15. The molecule has 2 aromatic carbocycles. The molecule has 8 heteroatoms. The van der Waals surface area contributed by atoms with Crippen molar-refractivity contribution in [1.29, 1.82) is 0 Å². The Bertz CT molecular complexity index is 1150. The lowest BCUT2D eigenvalue weighted by Gasteiger charge is -2.29. The van der Waals surface area contributed by atoms with E-state index in [1.165, 1.54) is 23.1 Å². The Morgan fingerprint density at radius 2 is 1.74 bits per heavy atom. The van der Waals surface area contributed by atoms with Gasteiger partial charge in [0.05, 0.1) is 5.69 Å². The Labute approximate surface area is 205 Å². The number of aromatic nitrogens is 2. The average Bonchev–Trinajstić information content (AvgIpc) is 3.14. The smallest absolute Gasteiger partial charge is 0.254 e. The minimum absolute atomic E-state index is 0.0431. The van der Waals surface area contributed by atoms with Gasteiger partial charge in [-0.2, -0.15) is 0 Å². The molecule has 0 spiro atoms. The van der Waals surface area contributed by atoms with Crippen LogP contribution in [0.15, 0.2) is 66.7 Å². The minimum Gasteiger partial charge on any atom is -0.353 e. The highest BCUT2D eigenvalue weighted by molar-refractivity contribution is 5.96. The number of halogens is 1. The van der Waals surface area contributed by atoms with Crippen LogP contribution in [0.2, 0.25) is 0 Å². The fourth-order valence-corrected chi connectivity index (χ4v) is 4.17. The van der Waals surface area contributed by atoms with Crippen LogP contribution >= 0.6 is 0 Å². The maximum absolute atomic E-state index is 13.6. The maximum Gasteiger partial charge on any atom is 0.254 e. The second-order valence-electron chi connectivity index (χ2n) is 8.90. The fraction of sp³-hybridized carbons (Fsp3) is 0.333. The monoisotopic (exact) mass is 475 g/mol. The largest absolute Gasteiger partial charge is 0.353 e. The van der Waals surface area contributed by atoms with Crippen molar-refractivity contribution in [2.75, 3.05) is 37.6 Å². The van der Waals surface area contributed by atoms with E-state index in [4.69, 9.17) is 0 Å². The lowest BCUT2D eigenvalue weighted by Crippen LogP contribution is -2.46. The minimum atomic E-state index is -0.474. The molecule has 7 nitrogen and oxygen atoms in total. The summed E-state index contributed by atoms with van der Waals surface area (Å²) in [7, 11) is 0. The van der Waals surface area contributed by atoms with Crippen LogP contribution in [0.1, 0.15) is 30.6 Å². The Hall–Kier alpha value is -3.81. The molecule has 4 rings (SSSR count). The second kappa shape index (κ2) is 11.1. The van der Waals surface area contributed by atoms with Crippen molar-refractivity contribution in [2.24, 2.45) is 0 Å². The van der Waals surface area contributed by atoms with Crippen molar-refractivity contribution in [3.05, 3.63) is 78.1 Å². The third-order valence-corrected chi connectivity index (χ3v) is 6.15. The van der Waals surface area contributed by atoms with Gasteiger partial charge in [0, 0.05) is 43.3 Å². The number of anilines is 1. The molecule has 0 atom stereocenters. The zero-order valence-corrected chi connectivity index (χ0v) is 20.1. The van der Waals surface area contributed by atoms with Gasteiger partial charge in [-0.3, -0.25) is 9.59 Å². The predicted molar refractivity (Wildman–Crippen MR) is 133 cm³/mol. The van der Waals surface area contributed by atoms with Gasteiger partial charge in [-0.05, 0) is 50.6 Å². The summed E-state index contributed by atoms with van der Waals surface area (Å²) >= 11 is 0. The molecule has 0 aliphatic carbocycles. The molecule has 0 unspecified atom stereocenters. The first kappa shape index (κ1) is 24.3. The second-order valence-corrected chi connectivity index (χ2v) is 8.90. The molecule has 1 aliphatic heterocycles. The first-order valence-corrected chi connectivity index (χ1v) is 11.9. The highest BCUT2D eigenvalue weighted by atomic mass is 19.1. The molecular formula is C27H30FN5O2. The van der Waals surface area contributed by atoms with Crippen LogP contribution in [0.25, 0.3) is 11.3 Å². The molecule has 2 amide bonds. The van der Waals surface area contributed by atoms with E-state index in [0.717, 1.165) is 30.0 Å². The van der Waals surface area contributed by atoms with E-state index >= 15 is 0 Å². The van der Waals surface area contributed by atoms with E-state index < -0.39 is 5.82 Å². The van der Waals surface area contributed by atoms with Crippen LogP contribution in [-0.2, 0) is 4.79 Å². The van der Waals surface area contributed by atoms with Gasteiger partial charge in [-0.25, -0.2) is 4.39 Å². The molecule has 35 heavy (non-hydrogen) atoms. The van der Waals surface area contributed by atoms with E-state index in [-0.39, 0.29) is 30.0 Å². The Balaban J connectivity index is 1.38. The normalized spacial score (nSPS) is 14.1. The van der Waals surface area contributed by atoms with Crippen molar-refractivity contribution < 1.29 is 14.0 Å². The molecule has 0 bridgehead atoms. The number of hydrogen-bond acceptors (Lipinski definition) is 5. The number of benzene rings is 2. The Kier molecular flexibility index (Phi) is 7.70. The van der Waals surface area contributed by atoms with Gasteiger partial charge in [-0.1, -0.05) is 36.4 Å². The summed E-state index contributed by atoms with van der Waals surface area (Å²) in [4.78, 5) is 31.5. The highest BCUT2D eigenvalue weighted by Gasteiger charge is 2.26. The topological polar surface area (TPSA) is 69.6 Å². The van der Waals surface area contributed by atoms with Crippen LogP contribution in [0.5, 0.6) is 0 Å². The van der Waals surface area contributed by atoms with E-state index in [2.05, 4.69) is 15.1 Å². The van der Waals surface area contributed by atoms with Crippen molar-refractivity contribution in [3.63, 3.8) is 0 Å². The molecule has 1 fully saturated rings. The Morgan fingerprint density at radius 3 is 2.43 bits per heavy atom. The summed E-state index contributed by atoms with van der Waals surface area (Å²) in [6.45, 7) is 6.19. The van der Waals surface area contributed by atoms with Gasteiger partial charge in [0.15, 0.2) is 5.82 Å². The lowest BCUT2D eigenvalue weighted by atomic mass is 10.1. The first-order chi connectivity index (χ1) is 16.9. The SMILES string of the molecule is CC(C)N(CC(=O)N1CCCN(c2ccc(-c3ccccc3)nn2)CC1)C(=O)c1cccc(F)c1. The van der Waals surface area contributed by atoms with Crippen molar-refractivity contribution >= 4 is 17.6 Å². The van der Waals surface area contributed by atoms with Crippen molar-refractivity contribution in [3.8, 4) is 11.3 Å². The summed E-state index contributed by atoms with van der Waals surface area (Å²) in [5, 5.41) is 8.79. The van der Waals surface area contributed by atoms with Gasteiger partial charge < -0.3 is 14.7 Å². The number of nitrogens with zero attached hydrogens (tertiary/aromatic N) is 5. The molecule has 0 N–H and O–H groups in total. The summed E-state index contributed by atoms with van der Waals surface area (Å²) in [5.41, 5.74) is 2.07. The standard InChI is InChI=1S/C27H30FN5O2/c1-20(2)33(27(35)22-10-6-11-23(28)18-22)19-26(34)32-15-7-14-31(16-17-32)25-13-12-24(29-30-25)21-8-4-3-5-9-21/h3-6,8-13,18,20H,7,14-17,19H2,1-2H3. The summed E-state index contributed by atoms with van der Waals surface area (Å²) in [6.07, 6.45) is 0.785. The van der Waals surface area contributed by atoms with Crippen LogP contribution < -0.4 is 4.90 Å². The van der Waals surface area contributed by atoms with Crippen LogP contribution in [0.4, 0.5) is 10.2 Å². The number of amides is 2. The predicted octanol–water partition coefficient (Wildman–Crippen LogP) is 3.87.